The first-order valence-corrected chi connectivity index (χ1v) is 7.15. The summed E-state index contributed by atoms with van der Waals surface area (Å²) in [5.74, 6) is 0. The third kappa shape index (κ3) is 8.86. The lowest BCUT2D eigenvalue weighted by Gasteiger charge is -2.25. The number of nitrogens with one attached hydrogen (secondary N) is 1. The quantitative estimate of drug-likeness (QED) is 0.516. The first-order chi connectivity index (χ1) is 8.79. The first kappa shape index (κ1) is 17.8. The molecule has 0 saturated carbocycles. The van der Waals surface area contributed by atoms with Crippen molar-refractivity contribution in [1.82, 2.24) is 5.32 Å². The van der Waals surface area contributed by atoms with Crippen LogP contribution in [0.15, 0.2) is 0 Å². The van der Waals surface area contributed by atoms with E-state index in [2.05, 4.69) is 19.2 Å². The molecule has 0 aliphatic rings. The Bertz CT molecular complexity index is 167. The molecule has 4 heteroatoms. The van der Waals surface area contributed by atoms with Crippen LogP contribution in [0.4, 0.5) is 0 Å². The van der Waals surface area contributed by atoms with E-state index in [1.807, 2.05) is 7.05 Å². The molecule has 0 spiro atoms. The van der Waals surface area contributed by atoms with Gasteiger partial charge in [-0.3, -0.25) is 0 Å². The lowest BCUT2D eigenvalue weighted by atomic mass is 10.0. The van der Waals surface area contributed by atoms with Crippen molar-refractivity contribution in [2.24, 2.45) is 0 Å². The Morgan fingerprint density at radius 2 is 1.83 bits per heavy atom. The standard InChI is InChI=1S/C14H31NO3/c1-5-8-13(15-3)14(6-2)18-12-11-17-10-7-9-16-4/h13-15H,5-12H2,1-4H3. The highest BCUT2D eigenvalue weighted by molar-refractivity contribution is 4.74. The van der Waals surface area contributed by atoms with Crippen molar-refractivity contribution in [3.8, 4) is 0 Å². The lowest BCUT2D eigenvalue weighted by molar-refractivity contribution is -0.0157. The Kier molecular flexibility index (Phi) is 13.2. The van der Waals surface area contributed by atoms with Gasteiger partial charge in [-0.15, -0.1) is 0 Å². The van der Waals surface area contributed by atoms with Crippen molar-refractivity contribution < 1.29 is 14.2 Å². The molecule has 0 fully saturated rings. The van der Waals surface area contributed by atoms with E-state index in [-0.39, 0.29) is 6.10 Å². The van der Waals surface area contributed by atoms with Crippen LogP contribution in [0.1, 0.15) is 39.5 Å². The minimum Gasteiger partial charge on any atom is -0.385 e. The highest BCUT2D eigenvalue weighted by Gasteiger charge is 2.17. The van der Waals surface area contributed by atoms with Gasteiger partial charge in [-0.05, 0) is 26.3 Å². The van der Waals surface area contributed by atoms with Gasteiger partial charge in [0.15, 0.2) is 0 Å². The van der Waals surface area contributed by atoms with Gasteiger partial charge < -0.3 is 19.5 Å². The van der Waals surface area contributed by atoms with Gasteiger partial charge in [0.25, 0.3) is 0 Å². The monoisotopic (exact) mass is 261 g/mol. The van der Waals surface area contributed by atoms with E-state index in [0.29, 0.717) is 19.3 Å². The topological polar surface area (TPSA) is 39.7 Å². The van der Waals surface area contributed by atoms with E-state index in [4.69, 9.17) is 14.2 Å². The minimum absolute atomic E-state index is 0.289. The maximum atomic E-state index is 5.88. The van der Waals surface area contributed by atoms with Crippen molar-refractivity contribution >= 4 is 0 Å². The van der Waals surface area contributed by atoms with Gasteiger partial charge in [0, 0.05) is 26.4 Å². The molecule has 0 aliphatic carbocycles. The third-order valence-corrected chi connectivity index (χ3v) is 3.02. The van der Waals surface area contributed by atoms with Crippen LogP contribution >= 0.6 is 0 Å². The molecule has 0 bridgehead atoms. The summed E-state index contributed by atoms with van der Waals surface area (Å²) in [6.45, 7) is 7.23. The SMILES string of the molecule is CCCC(NC)C(CC)OCCOCCCOC. The van der Waals surface area contributed by atoms with Crippen LogP contribution in [0.2, 0.25) is 0 Å². The molecule has 18 heavy (non-hydrogen) atoms. The van der Waals surface area contributed by atoms with Crippen molar-refractivity contribution in [1.29, 1.82) is 0 Å². The zero-order valence-electron chi connectivity index (χ0n) is 12.5. The summed E-state index contributed by atoms with van der Waals surface area (Å²) in [7, 11) is 3.72. The van der Waals surface area contributed by atoms with E-state index >= 15 is 0 Å². The van der Waals surface area contributed by atoms with Crippen molar-refractivity contribution in [3.05, 3.63) is 0 Å². The van der Waals surface area contributed by atoms with Crippen LogP contribution in [0.3, 0.4) is 0 Å². The van der Waals surface area contributed by atoms with Crippen LogP contribution in [0, 0.1) is 0 Å². The smallest absolute Gasteiger partial charge is 0.0726 e. The molecule has 110 valence electrons. The number of likely N-dealkylation sites (N-methyl/N-ethyl adjacent to an activating group) is 1. The molecule has 0 rings (SSSR count). The first-order valence-electron chi connectivity index (χ1n) is 7.15. The molecular weight excluding hydrogens is 230 g/mol. The molecule has 1 N–H and O–H groups in total. The average Bonchev–Trinajstić information content (AvgIpc) is 2.40. The summed E-state index contributed by atoms with van der Waals surface area (Å²) in [6.07, 6.45) is 4.61. The van der Waals surface area contributed by atoms with Crippen molar-refractivity contribution in [3.63, 3.8) is 0 Å². The summed E-state index contributed by atoms with van der Waals surface area (Å²) in [5, 5.41) is 3.34. The van der Waals surface area contributed by atoms with E-state index < -0.39 is 0 Å². The number of rotatable bonds is 13. The molecule has 0 aromatic carbocycles. The summed E-state index contributed by atoms with van der Waals surface area (Å²) < 4.78 is 16.3. The molecule has 2 unspecified atom stereocenters. The summed E-state index contributed by atoms with van der Waals surface area (Å²) in [5.41, 5.74) is 0. The van der Waals surface area contributed by atoms with Gasteiger partial charge in [0.2, 0.25) is 0 Å². The zero-order valence-corrected chi connectivity index (χ0v) is 12.5. The van der Waals surface area contributed by atoms with Crippen molar-refractivity contribution in [2.75, 3.05) is 40.6 Å². The van der Waals surface area contributed by atoms with E-state index in [9.17, 15) is 0 Å². The van der Waals surface area contributed by atoms with Gasteiger partial charge in [-0.1, -0.05) is 20.3 Å². The average molecular weight is 261 g/mol. The summed E-state index contributed by atoms with van der Waals surface area (Å²) in [4.78, 5) is 0. The minimum atomic E-state index is 0.289. The Labute approximate surface area is 112 Å². The number of hydrogen-bond donors (Lipinski definition) is 1. The molecule has 0 radical (unpaired) electrons. The Hall–Kier alpha value is -0.160. The summed E-state index contributed by atoms with van der Waals surface area (Å²) >= 11 is 0. The van der Waals surface area contributed by atoms with Gasteiger partial charge >= 0.3 is 0 Å². The molecule has 0 saturated heterocycles. The largest absolute Gasteiger partial charge is 0.385 e. The second-order valence-electron chi connectivity index (χ2n) is 4.46. The third-order valence-electron chi connectivity index (χ3n) is 3.02. The van der Waals surface area contributed by atoms with Crippen LogP contribution in [0.25, 0.3) is 0 Å². The molecule has 4 nitrogen and oxygen atoms in total. The van der Waals surface area contributed by atoms with Crippen LogP contribution < -0.4 is 5.32 Å². The van der Waals surface area contributed by atoms with E-state index in [1.165, 1.54) is 6.42 Å². The van der Waals surface area contributed by atoms with E-state index in [1.54, 1.807) is 7.11 Å². The molecule has 0 aromatic rings. The number of methoxy groups -OCH3 is 1. The maximum absolute atomic E-state index is 5.88. The zero-order chi connectivity index (χ0) is 13.6. The van der Waals surface area contributed by atoms with Gasteiger partial charge in [0.1, 0.15) is 0 Å². The van der Waals surface area contributed by atoms with Gasteiger partial charge in [-0.25, -0.2) is 0 Å². The lowest BCUT2D eigenvalue weighted by Crippen LogP contribution is -2.39. The Morgan fingerprint density at radius 3 is 2.39 bits per heavy atom. The predicted molar refractivity (Wildman–Crippen MR) is 75.1 cm³/mol. The van der Waals surface area contributed by atoms with Crippen LogP contribution in [-0.4, -0.2) is 52.7 Å². The summed E-state index contributed by atoms with van der Waals surface area (Å²) in [6, 6.07) is 0.452. The number of ether oxygens (including phenoxy) is 3. The molecule has 0 heterocycles. The highest BCUT2D eigenvalue weighted by Crippen LogP contribution is 2.09. The Balaban J connectivity index is 3.59. The second-order valence-corrected chi connectivity index (χ2v) is 4.46. The normalized spacial score (nSPS) is 14.7. The van der Waals surface area contributed by atoms with Crippen LogP contribution in [-0.2, 0) is 14.2 Å². The number of hydrogen-bond acceptors (Lipinski definition) is 4. The molecule has 2 atom stereocenters. The predicted octanol–water partition coefficient (Wildman–Crippen LogP) is 2.22. The second kappa shape index (κ2) is 13.3. The highest BCUT2D eigenvalue weighted by atomic mass is 16.5. The molecular formula is C14H31NO3. The molecule has 0 aliphatic heterocycles. The molecule has 0 amide bonds. The Morgan fingerprint density at radius 1 is 1.06 bits per heavy atom. The van der Waals surface area contributed by atoms with Crippen molar-refractivity contribution in [2.45, 2.75) is 51.7 Å². The fraction of sp³-hybridized carbons (Fsp3) is 1.00. The maximum Gasteiger partial charge on any atom is 0.0726 e. The fourth-order valence-electron chi connectivity index (χ4n) is 2.01. The van der Waals surface area contributed by atoms with Crippen LogP contribution in [0.5, 0.6) is 0 Å². The van der Waals surface area contributed by atoms with Gasteiger partial charge in [0.05, 0.1) is 19.3 Å². The fourth-order valence-corrected chi connectivity index (χ4v) is 2.01. The molecule has 0 aromatic heterocycles. The van der Waals surface area contributed by atoms with Gasteiger partial charge in [-0.2, -0.15) is 0 Å². The van der Waals surface area contributed by atoms with E-state index in [0.717, 1.165) is 32.5 Å².